The number of aromatic hydroxyl groups is 1. The van der Waals surface area contributed by atoms with Crippen molar-refractivity contribution in [1.29, 1.82) is 5.41 Å². The third kappa shape index (κ3) is 6.18. The van der Waals surface area contributed by atoms with Crippen LogP contribution in [0.1, 0.15) is 26.3 Å². The highest BCUT2D eigenvalue weighted by atomic mass is 35.5. The van der Waals surface area contributed by atoms with Crippen LogP contribution in [0, 0.1) is 5.41 Å². The monoisotopic (exact) mass is 503 g/mol. The van der Waals surface area contributed by atoms with Crippen LogP contribution in [0.15, 0.2) is 72.8 Å². The van der Waals surface area contributed by atoms with E-state index in [4.69, 9.17) is 22.1 Å². The summed E-state index contributed by atoms with van der Waals surface area (Å²) < 4.78 is 39.0. The number of para-hydroxylation sites is 2. The molecule has 11 heteroatoms. The number of alkyl halides is 3. The molecule has 0 atom stereocenters. The van der Waals surface area contributed by atoms with E-state index in [-0.39, 0.29) is 27.5 Å². The summed E-state index contributed by atoms with van der Waals surface area (Å²) >= 11 is 6.09. The van der Waals surface area contributed by atoms with E-state index in [9.17, 15) is 27.9 Å². The number of allylic oxidation sites excluding steroid dienone is 1. The molecule has 0 saturated heterocycles. The zero-order chi connectivity index (χ0) is 25.8. The van der Waals surface area contributed by atoms with Crippen molar-refractivity contribution in [2.45, 2.75) is 6.18 Å². The molecule has 0 spiro atoms. The molecule has 0 aliphatic carbocycles. The van der Waals surface area contributed by atoms with Gasteiger partial charge in [-0.3, -0.25) is 10.2 Å². The number of carboxylic acids is 1. The fourth-order valence-corrected chi connectivity index (χ4v) is 3.12. The van der Waals surface area contributed by atoms with Gasteiger partial charge in [-0.05, 0) is 48.0 Å². The Hall–Kier alpha value is -4.31. The molecule has 0 bridgehead atoms. The van der Waals surface area contributed by atoms with Crippen LogP contribution in [-0.2, 0) is 0 Å². The number of amides is 1. The zero-order valence-corrected chi connectivity index (χ0v) is 18.4. The first-order valence-corrected chi connectivity index (χ1v) is 10.2. The largest absolute Gasteiger partial charge is 0.505 e. The SMILES string of the molecule is N=C(/C=C(\Nc1ccccc1Cl)c1ccc(C(=O)Nc2cccc(C(=O)O)c2O)cc1)C(F)(F)F. The number of rotatable bonds is 7. The van der Waals surface area contributed by atoms with E-state index < -0.39 is 35.1 Å². The average molecular weight is 504 g/mol. The molecular weight excluding hydrogens is 487 g/mol. The summed E-state index contributed by atoms with van der Waals surface area (Å²) in [7, 11) is 0. The smallest absolute Gasteiger partial charge is 0.432 e. The van der Waals surface area contributed by atoms with Crippen LogP contribution in [0.4, 0.5) is 24.5 Å². The molecule has 0 heterocycles. The lowest BCUT2D eigenvalue weighted by molar-refractivity contribution is -0.0584. The molecule has 180 valence electrons. The maximum Gasteiger partial charge on any atom is 0.432 e. The van der Waals surface area contributed by atoms with Gasteiger partial charge < -0.3 is 20.8 Å². The first-order valence-electron chi connectivity index (χ1n) is 9.83. The number of carboxylic acid groups (broad SMARTS) is 1. The first kappa shape index (κ1) is 25.3. The lowest BCUT2D eigenvalue weighted by Gasteiger charge is -2.15. The fraction of sp³-hybridized carbons (Fsp3) is 0.0417. The molecule has 0 fully saturated rings. The van der Waals surface area contributed by atoms with Gasteiger partial charge in [0.15, 0.2) is 5.75 Å². The van der Waals surface area contributed by atoms with Crippen molar-refractivity contribution >= 4 is 46.3 Å². The fourth-order valence-electron chi connectivity index (χ4n) is 2.94. The Kier molecular flexibility index (Phi) is 7.46. The minimum atomic E-state index is -4.88. The van der Waals surface area contributed by atoms with Crippen molar-refractivity contribution in [2.24, 2.45) is 0 Å². The number of carbonyl (C=O) groups is 2. The van der Waals surface area contributed by atoms with Crippen molar-refractivity contribution in [3.8, 4) is 5.75 Å². The highest BCUT2D eigenvalue weighted by Gasteiger charge is 2.33. The standard InChI is InChI=1S/C24H17ClF3N3O4/c25-16-5-1-2-6-17(16)30-19(12-20(29)24(26,27)28)13-8-10-14(11-9-13)22(33)31-18-7-3-4-15(21(18)32)23(34)35/h1-12,29-30,32H,(H,31,33)(H,34,35)/b19-12-,29-20?. The number of halogens is 4. The summed E-state index contributed by atoms with van der Waals surface area (Å²) in [6.07, 6.45) is -4.27. The molecule has 7 nitrogen and oxygen atoms in total. The number of benzene rings is 3. The number of aromatic carboxylic acids is 1. The molecule has 0 aromatic heterocycles. The Morgan fingerprint density at radius 1 is 0.886 bits per heavy atom. The number of phenols is 1. The van der Waals surface area contributed by atoms with Crippen molar-refractivity contribution in [1.82, 2.24) is 0 Å². The van der Waals surface area contributed by atoms with Gasteiger partial charge in [0.1, 0.15) is 11.3 Å². The Morgan fingerprint density at radius 3 is 2.09 bits per heavy atom. The first-order chi connectivity index (χ1) is 16.5. The molecule has 35 heavy (non-hydrogen) atoms. The van der Waals surface area contributed by atoms with Gasteiger partial charge in [0.2, 0.25) is 0 Å². The number of nitrogens with one attached hydrogen (secondary N) is 3. The topological polar surface area (TPSA) is 123 Å². The number of anilines is 2. The van der Waals surface area contributed by atoms with Crippen LogP contribution in [0.2, 0.25) is 5.02 Å². The molecule has 0 aliphatic rings. The maximum absolute atomic E-state index is 13.0. The molecule has 1 amide bonds. The minimum absolute atomic E-state index is 0.0804. The molecule has 3 aromatic carbocycles. The van der Waals surface area contributed by atoms with E-state index in [1.54, 1.807) is 24.3 Å². The summed E-state index contributed by atoms with van der Waals surface area (Å²) in [5, 5.41) is 31.9. The quantitative estimate of drug-likeness (QED) is 0.199. The van der Waals surface area contributed by atoms with Crippen LogP contribution < -0.4 is 10.6 Å². The van der Waals surface area contributed by atoms with Gasteiger partial charge >= 0.3 is 12.1 Å². The molecule has 0 aliphatic heterocycles. The normalized spacial score (nSPS) is 11.6. The van der Waals surface area contributed by atoms with Crippen molar-refractivity contribution in [3.05, 3.63) is 94.5 Å². The predicted molar refractivity (Wildman–Crippen MR) is 126 cm³/mol. The van der Waals surface area contributed by atoms with Crippen LogP contribution >= 0.6 is 11.6 Å². The van der Waals surface area contributed by atoms with E-state index in [2.05, 4.69) is 10.6 Å². The van der Waals surface area contributed by atoms with Gasteiger partial charge in [-0.1, -0.05) is 41.9 Å². The van der Waals surface area contributed by atoms with Gasteiger partial charge in [-0.25, -0.2) is 4.79 Å². The van der Waals surface area contributed by atoms with Gasteiger partial charge in [-0.2, -0.15) is 13.2 Å². The Bertz CT molecular complexity index is 1320. The summed E-state index contributed by atoms with van der Waals surface area (Å²) in [4.78, 5) is 23.7. The third-order valence-electron chi connectivity index (χ3n) is 4.71. The predicted octanol–water partition coefficient (Wildman–Crippen LogP) is 6.03. The van der Waals surface area contributed by atoms with Crippen molar-refractivity contribution < 1.29 is 33.0 Å². The van der Waals surface area contributed by atoms with E-state index in [0.29, 0.717) is 11.8 Å². The van der Waals surface area contributed by atoms with Crippen LogP contribution in [-0.4, -0.2) is 34.0 Å². The molecule has 0 radical (unpaired) electrons. The van der Waals surface area contributed by atoms with E-state index >= 15 is 0 Å². The Morgan fingerprint density at radius 2 is 1.49 bits per heavy atom. The Balaban J connectivity index is 1.89. The van der Waals surface area contributed by atoms with Gasteiger partial charge in [0, 0.05) is 11.3 Å². The van der Waals surface area contributed by atoms with Gasteiger partial charge in [0.25, 0.3) is 5.91 Å². The van der Waals surface area contributed by atoms with Crippen LogP contribution in [0.5, 0.6) is 5.75 Å². The third-order valence-corrected chi connectivity index (χ3v) is 5.04. The van der Waals surface area contributed by atoms with Gasteiger partial charge in [-0.15, -0.1) is 0 Å². The van der Waals surface area contributed by atoms with Crippen LogP contribution in [0.3, 0.4) is 0 Å². The lowest BCUT2D eigenvalue weighted by Crippen LogP contribution is -2.20. The molecule has 5 N–H and O–H groups in total. The second kappa shape index (κ2) is 10.3. The van der Waals surface area contributed by atoms with E-state index in [0.717, 1.165) is 0 Å². The van der Waals surface area contributed by atoms with Crippen LogP contribution in [0.25, 0.3) is 5.70 Å². The number of carbonyl (C=O) groups excluding carboxylic acids is 1. The summed E-state index contributed by atoms with van der Waals surface area (Å²) in [5.74, 6) is -2.69. The number of hydrogen-bond donors (Lipinski definition) is 5. The average Bonchev–Trinajstić information content (AvgIpc) is 2.80. The molecule has 0 saturated carbocycles. The molecule has 3 rings (SSSR count). The second-order valence-corrected chi connectivity index (χ2v) is 7.52. The molecular formula is C24H17ClF3N3O4. The zero-order valence-electron chi connectivity index (χ0n) is 17.7. The highest BCUT2D eigenvalue weighted by molar-refractivity contribution is 6.33. The second-order valence-electron chi connectivity index (χ2n) is 7.11. The van der Waals surface area contributed by atoms with Gasteiger partial charge in [0.05, 0.1) is 16.4 Å². The van der Waals surface area contributed by atoms with Crippen molar-refractivity contribution in [3.63, 3.8) is 0 Å². The van der Waals surface area contributed by atoms with E-state index in [1.807, 2.05) is 0 Å². The maximum atomic E-state index is 13.0. The molecule has 3 aromatic rings. The van der Waals surface area contributed by atoms with E-state index in [1.165, 1.54) is 42.5 Å². The highest BCUT2D eigenvalue weighted by Crippen LogP contribution is 2.29. The minimum Gasteiger partial charge on any atom is -0.505 e. The molecule has 0 unspecified atom stereocenters. The summed E-state index contributed by atoms with van der Waals surface area (Å²) in [6.45, 7) is 0. The summed E-state index contributed by atoms with van der Waals surface area (Å²) in [6, 6.07) is 15.6. The van der Waals surface area contributed by atoms with Crippen molar-refractivity contribution in [2.75, 3.05) is 10.6 Å². The lowest BCUT2D eigenvalue weighted by atomic mass is 10.1. The Labute approximate surface area is 202 Å². The summed E-state index contributed by atoms with van der Waals surface area (Å²) in [5.41, 5.74) is -1.58. The number of hydrogen-bond acceptors (Lipinski definition) is 5.